The maximum absolute atomic E-state index is 12.5. The molecular weight excluding hydrogens is 354 g/mol. The number of aryl methyl sites for hydroxylation is 2. The lowest BCUT2D eigenvalue weighted by molar-refractivity contribution is 0.101. The minimum absolute atomic E-state index is 0.157. The van der Waals surface area contributed by atoms with Gasteiger partial charge in [0.2, 0.25) is 0 Å². The molecule has 0 aliphatic heterocycles. The summed E-state index contributed by atoms with van der Waals surface area (Å²) in [6.07, 6.45) is 0. The fourth-order valence-electron chi connectivity index (χ4n) is 2.70. The molecule has 2 aromatic carbocycles. The van der Waals surface area contributed by atoms with Crippen molar-refractivity contribution in [3.05, 3.63) is 83.2 Å². The SMILES string of the molecule is COc1ccc(NC(=O)c2cccc(C(=O)Nc3ccc(C)cc3C)n2)cc1. The summed E-state index contributed by atoms with van der Waals surface area (Å²) in [5, 5.41) is 5.59. The van der Waals surface area contributed by atoms with Crippen LogP contribution in [0.3, 0.4) is 0 Å². The molecule has 0 bridgehead atoms. The van der Waals surface area contributed by atoms with Gasteiger partial charge in [0.15, 0.2) is 0 Å². The number of anilines is 2. The number of methoxy groups -OCH3 is 1. The lowest BCUT2D eigenvalue weighted by Gasteiger charge is -2.10. The summed E-state index contributed by atoms with van der Waals surface area (Å²) in [7, 11) is 1.58. The van der Waals surface area contributed by atoms with Crippen molar-refractivity contribution in [1.29, 1.82) is 0 Å². The number of hydrogen-bond donors (Lipinski definition) is 2. The van der Waals surface area contributed by atoms with Crippen molar-refractivity contribution in [3.8, 4) is 5.75 Å². The number of hydrogen-bond acceptors (Lipinski definition) is 4. The summed E-state index contributed by atoms with van der Waals surface area (Å²) < 4.78 is 5.10. The van der Waals surface area contributed by atoms with E-state index in [1.807, 2.05) is 32.0 Å². The lowest BCUT2D eigenvalue weighted by Crippen LogP contribution is -2.18. The zero-order chi connectivity index (χ0) is 20.1. The zero-order valence-corrected chi connectivity index (χ0v) is 15.9. The van der Waals surface area contributed by atoms with Gasteiger partial charge in [0.25, 0.3) is 11.8 Å². The molecule has 0 spiro atoms. The van der Waals surface area contributed by atoms with Gasteiger partial charge < -0.3 is 15.4 Å². The summed E-state index contributed by atoms with van der Waals surface area (Å²) in [4.78, 5) is 29.2. The highest BCUT2D eigenvalue weighted by Crippen LogP contribution is 2.18. The van der Waals surface area contributed by atoms with Crippen LogP contribution in [0, 0.1) is 13.8 Å². The number of ether oxygens (including phenoxy) is 1. The Morgan fingerprint density at radius 2 is 1.50 bits per heavy atom. The van der Waals surface area contributed by atoms with Gasteiger partial charge in [-0.05, 0) is 61.9 Å². The number of benzene rings is 2. The van der Waals surface area contributed by atoms with Crippen LogP contribution < -0.4 is 15.4 Å². The number of amides is 2. The number of carbonyl (C=O) groups is 2. The topological polar surface area (TPSA) is 80.3 Å². The molecule has 6 nitrogen and oxygen atoms in total. The second-order valence-electron chi connectivity index (χ2n) is 6.36. The van der Waals surface area contributed by atoms with E-state index < -0.39 is 5.91 Å². The molecule has 142 valence electrons. The van der Waals surface area contributed by atoms with E-state index in [0.717, 1.165) is 11.1 Å². The van der Waals surface area contributed by atoms with E-state index in [1.54, 1.807) is 49.6 Å². The Morgan fingerprint density at radius 1 is 0.857 bits per heavy atom. The average Bonchev–Trinajstić information content (AvgIpc) is 2.70. The molecule has 6 heteroatoms. The van der Waals surface area contributed by atoms with Crippen molar-refractivity contribution < 1.29 is 14.3 Å². The zero-order valence-electron chi connectivity index (χ0n) is 15.9. The predicted molar refractivity (Wildman–Crippen MR) is 109 cm³/mol. The normalized spacial score (nSPS) is 10.2. The van der Waals surface area contributed by atoms with Gasteiger partial charge in [-0.2, -0.15) is 0 Å². The second kappa shape index (κ2) is 8.35. The predicted octanol–water partition coefficient (Wildman–Crippen LogP) is 4.21. The van der Waals surface area contributed by atoms with Crippen molar-refractivity contribution in [2.24, 2.45) is 0 Å². The Bertz CT molecular complexity index is 1010. The van der Waals surface area contributed by atoms with Gasteiger partial charge in [-0.15, -0.1) is 0 Å². The molecule has 0 aliphatic carbocycles. The van der Waals surface area contributed by atoms with Crippen LogP contribution in [0.25, 0.3) is 0 Å². The van der Waals surface area contributed by atoms with Crippen molar-refractivity contribution >= 4 is 23.2 Å². The summed E-state index contributed by atoms with van der Waals surface area (Å²) in [5.74, 6) is -0.0708. The molecule has 2 N–H and O–H groups in total. The van der Waals surface area contributed by atoms with Gasteiger partial charge in [0, 0.05) is 11.4 Å². The Kier molecular flexibility index (Phi) is 5.69. The molecule has 0 aliphatic rings. The maximum Gasteiger partial charge on any atom is 0.274 e. The number of nitrogens with zero attached hydrogens (tertiary/aromatic N) is 1. The molecule has 0 atom stereocenters. The molecule has 0 saturated carbocycles. The van der Waals surface area contributed by atoms with Gasteiger partial charge in [-0.3, -0.25) is 9.59 Å². The molecule has 0 saturated heterocycles. The largest absolute Gasteiger partial charge is 0.497 e. The summed E-state index contributed by atoms with van der Waals surface area (Å²) in [5.41, 5.74) is 3.72. The monoisotopic (exact) mass is 375 g/mol. The second-order valence-corrected chi connectivity index (χ2v) is 6.36. The maximum atomic E-state index is 12.5. The van der Waals surface area contributed by atoms with Gasteiger partial charge >= 0.3 is 0 Å². The van der Waals surface area contributed by atoms with E-state index in [1.165, 1.54) is 0 Å². The Hall–Kier alpha value is -3.67. The number of aromatic nitrogens is 1. The fraction of sp³-hybridized carbons (Fsp3) is 0.136. The lowest BCUT2D eigenvalue weighted by atomic mass is 10.1. The molecule has 3 aromatic rings. The number of carbonyl (C=O) groups excluding carboxylic acids is 2. The first-order valence-electron chi connectivity index (χ1n) is 8.77. The van der Waals surface area contributed by atoms with Crippen LogP contribution in [0.4, 0.5) is 11.4 Å². The molecule has 2 amide bonds. The van der Waals surface area contributed by atoms with Gasteiger partial charge in [0.05, 0.1) is 7.11 Å². The highest BCUT2D eigenvalue weighted by molar-refractivity contribution is 6.06. The third-order valence-electron chi connectivity index (χ3n) is 4.19. The molecule has 28 heavy (non-hydrogen) atoms. The fourth-order valence-corrected chi connectivity index (χ4v) is 2.70. The standard InChI is InChI=1S/C22H21N3O3/c1-14-7-12-18(15(2)13-14)25-22(27)20-6-4-5-19(24-20)21(26)23-16-8-10-17(28-3)11-9-16/h4-13H,1-3H3,(H,23,26)(H,25,27). The first-order chi connectivity index (χ1) is 13.5. The minimum Gasteiger partial charge on any atom is -0.497 e. The van der Waals surface area contributed by atoms with Crippen molar-refractivity contribution in [2.45, 2.75) is 13.8 Å². The molecule has 1 heterocycles. The molecule has 1 aromatic heterocycles. The van der Waals surface area contributed by atoms with Gasteiger partial charge in [-0.1, -0.05) is 23.8 Å². The number of pyridine rings is 1. The third kappa shape index (κ3) is 4.54. The van der Waals surface area contributed by atoms with Crippen LogP contribution in [0.15, 0.2) is 60.7 Å². The smallest absolute Gasteiger partial charge is 0.274 e. The molecule has 3 rings (SSSR count). The van der Waals surface area contributed by atoms with E-state index in [-0.39, 0.29) is 17.3 Å². The van der Waals surface area contributed by atoms with E-state index in [2.05, 4.69) is 15.6 Å². The van der Waals surface area contributed by atoms with Crippen molar-refractivity contribution in [3.63, 3.8) is 0 Å². The molecule has 0 unspecified atom stereocenters. The van der Waals surface area contributed by atoms with E-state index >= 15 is 0 Å². The summed E-state index contributed by atoms with van der Waals surface area (Å²) in [6.45, 7) is 3.92. The minimum atomic E-state index is -0.397. The first-order valence-corrected chi connectivity index (χ1v) is 8.77. The quantitative estimate of drug-likeness (QED) is 0.700. The summed E-state index contributed by atoms with van der Waals surface area (Å²) in [6, 6.07) is 17.5. The third-order valence-corrected chi connectivity index (χ3v) is 4.19. The molecule has 0 radical (unpaired) electrons. The van der Waals surface area contributed by atoms with E-state index in [9.17, 15) is 9.59 Å². The summed E-state index contributed by atoms with van der Waals surface area (Å²) >= 11 is 0. The van der Waals surface area contributed by atoms with Crippen molar-refractivity contribution in [2.75, 3.05) is 17.7 Å². The average molecular weight is 375 g/mol. The van der Waals surface area contributed by atoms with Crippen LogP contribution >= 0.6 is 0 Å². The number of nitrogens with one attached hydrogen (secondary N) is 2. The van der Waals surface area contributed by atoms with E-state index in [0.29, 0.717) is 17.1 Å². The highest BCUT2D eigenvalue weighted by Gasteiger charge is 2.13. The van der Waals surface area contributed by atoms with Gasteiger partial charge in [-0.25, -0.2) is 4.98 Å². The van der Waals surface area contributed by atoms with Crippen LogP contribution in [0.1, 0.15) is 32.1 Å². The highest BCUT2D eigenvalue weighted by atomic mass is 16.5. The Morgan fingerprint density at radius 3 is 2.11 bits per heavy atom. The van der Waals surface area contributed by atoms with Crippen LogP contribution in [0.5, 0.6) is 5.75 Å². The van der Waals surface area contributed by atoms with Crippen molar-refractivity contribution in [1.82, 2.24) is 4.98 Å². The Labute approximate surface area is 163 Å². The van der Waals surface area contributed by atoms with E-state index in [4.69, 9.17) is 4.74 Å². The molecular formula is C22H21N3O3. The van der Waals surface area contributed by atoms with Gasteiger partial charge in [0.1, 0.15) is 17.1 Å². The number of rotatable bonds is 5. The Balaban J connectivity index is 1.73. The first kappa shape index (κ1) is 19.1. The molecule has 0 fully saturated rings. The van der Waals surface area contributed by atoms with Crippen LogP contribution in [-0.2, 0) is 0 Å². The van der Waals surface area contributed by atoms with Crippen LogP contribution in [0.2, 0.25) is 0 Å². The van der Waals surface area contributed by atoms with Crippen LogP contribution in [-0.4, -0.2) is 23.9 Å².